The molecule has 0 bridgehead atoms. The van der Waals surface area contributed by atoms with Crippen LogP contribution in [0, 0.1) is 11.3 Å². The van der Waals surface area contributed by atoms with Crippen LogP contribution in [0.15, 0.2) is 36.9 Å². The molecule has 1 aliphatic rings. The van der Waals surface area contributed by atoms with E-state index in [4.69, 9.17) is 10.00 Å². The van der Waals surface area contributed by atoms with E-state index in [1.165, 1.54) is 0 Å². The van der Waals surface area contributed by atoms with E-state index in [9.17, 15) is 4.79 Å². The van der Waals surface area contributed by atoms with Crippen molar-refractivity contribution < 1.29 is 9.53 Å². The van der Waals surface area contributed by atoms with Gasteiger partial charge in [0.25, 0.3) is 5.91 Å². The number of ether oxygens (including phenoxy) is 1. The first-order valence-corrected chi connectivity index (χ1v) is 6.28. The van der Waals surface area contributed by atoms with Crippen LogP contribution in [0.4, 0.5) is 0 Å². The second-order valence-electron chi connectivity index (χ2n) is 4.49. The van der Waals surface area contributed by atoms with Crippen LogP contribution in [0.5, 0.6) is 5.75 Å². The largest absolute Gasteiger partial charge is 0.484 e. The number of nitriles is 1. The smallest absolute Gasteiger partial charge is 0.261 e. The van der Waals surface area contributed by atoms with E-state index in [0.29, 0.717) is 23.9 Å². The third-order valence-electron chi connectivity index (χ3n) is 2.98. The van der Waals surface area contributed by atoms with Crippen molar-refractivity contribution in [2.75, 3.05) is 13.2 Å². The Balaban J connectivity index is 1.88. The van der Waals surface area contributed by atoms with Crippen LogP contribution in [0.1, 0.15) is 18.4 Å². The molecular formula is C15H16N2O2. The molecule has 1 amide bonds. The van der Waals surface area contributed by atoms with Gasteiger partial charge < -0.3 is 9.64 Å². The standard InChI is InChI=1S/C15H16N2O2/c1-2-9-17(13-5-6-13)15(18)11-19-14-7-3-12(10-16)4-8-14/h2-4,7-8,13H,1,5-6,9,11H2. The minimum absolute atomic E-state index is 0.0215. The Bertz CT molecular complexity index is 498. The Morgan fingerprint density at radius 2 is 2.16 bits per heavy atom. The lowest BCUT2D eigenvalue weighted by atomic mass is 10.2. The van der Waals surface area contributed by atoms with E-state index in [1.807, 2.05) is 6.07 Å². The van der Waals surface area contributed by atoms with Gasteiger partial charge in [-0.25, -0.2) is 0 Å². The van der Waals surface area contributed by atoms with Crippen LogP contribution in [-0.2, 0) is 4.79 Å². The summed E-state index contributed by atoms with van der Waals surface area (Å²) in [6.07, 6.45) is 3.87. The van der Waals surface area contributed by atoms with Crippen molar-refractivity contribution >= 4 is 5.91 Å². The van der Waals surface area contributed by atoms with Crippen molar-refractivity contribution in [1.82, 2.24) is 4.90 Å². The monoisotopic (exact) mass is 256 g/mol. The highest BCUT2D eigenvalue weighted by Crippen LogP contribution is 2.26. The molecule has 0 saturated heterocycles. The number of amides is 1. The summed E-state index contributed by atoms with van der Waals surface area (Å²) in [5.74, 6) is 0.577. The second-order valence-corrected chi connectivity index (χ2v) is 4.49. The highest BCUT2D eigenvalue weighted by Gasteiger charge is 2.31. The number of carbonyl (C=O) groups is 1. The molecule has 0 aliphatic heterocycles. The first-order valence-electron chi connectivity index (χ1n) is 6.28. The minimum atomic E-state index is -0.0215. The van der Waals surface area contributed by atoms with E-state index in [0.717, 1.165) is 12.8 Å². The zero-order valence-electron chi connectivity index (χ0n) is 10.7. The predicted octanol–water partition coefficient (Wildman–Crippen LogP) is 2.11. The van der Waals surface area contributed by atoms with Crippen LogP contribution in [0.25, 0.3) is 0 Å². The summed E-state index contributed by atoms with van der Waals surface area (Å²) in [5.41, 5.74) is 0.574. The van der Waals surface area contributed by atoms with Gasteiger partial charge in [0.05, 0.1) is 11.6 Å². The van der Waals surface area contributed by atoms with Crippen LogP contribution in [-0.4, -0.2) is 30.0 Å². The molecule has 2 rings (SSSR count). The zero-order valence-corrected chi connectivity index (χ0v) is 10.7. The van der Waals surface area contributed by atoms with Gasteiger partial charge in [-0.1, -0.05) is 6.08 Å². The Morgan fingerprint density at radius 1 is 1.47 bits per heavy atom. The van der Waals surface area contributed by atoms with E-state index in [-0.39, 0.29) is 12.5 Å². The van der Waals surface area contributed by atoms with E-state index >= 15 is 0 Å². The molecule has 98 valence electrons. The first-order chi connectivity index (χ1) is 9.24. The second kappa shape index (κ2) is 6.05. The quantitative estimate of drug-likeness (QED) is 0.732. The van der Waals surface area contributed by atoms with Gasteiger partial charge in [0, 0.05) is 12.6 Å². The van der Waals surface area contributed by atoms with Crippen LogP contribution in [0.3, 0.4) is 0 Å². The highest BCUT2D eigenvalue weighted by atomic mass is 16.5. The van der Waals surface area contributed by atoms with Gasteiger partial charge in [-0.2, -0.15) is 5.26 Å². The molecule has 0 unspecified atom stereocenters. The number of nitrogens with zero attached hydrogens (tertiary/aromatic N) is 2. The molecule has 1 aliphatic carbocycles. The molecule has 0 aromatic heterocycles. The van der Waals surface area contributed by atoms with Gasteiger partial charge in [-0.3, -0.25) is 4.79 Å². The molecule has 4 nitrogen and oxygen atoms in total. The maximum Gasteiger partial charge on any atom is 0.261 e. The summed E-state index contributed by atoms with van der Waals surface area (Å²) in [7, 11) is 0. The fourth-order valence-electron chi connectivity index (χ4n) is 1.83. The molecule has 0 spiro atoms. The first kappa shape index (κ1) is 13.2. The van der Waals surface area contributed by atoms with Gasteiger partial charge in [0.15, 0.2) is 6.61 Å². The maximum atomic E-state index is 12.0. The number of hydrogen-bond acceptors (Lipinski definition) is 3. The summed E-state index contributed by atoms with van der Waals surface area (Å²) in [6.45, 7) is 4.26. The third-order valence-corrected chi connectivity index (χ3v) is 2.98. The number of carbonyl (C=O) groups excluding carboxylic acids is 1. The van der Waals surface area contributed by atoms with Gasteiger partial charge in [-0.05, 0) is 37.1 Å². The molecule has 1 aromatic carbocycles. The summed E-state index contributed by atoms with van der Waals surface area (Å²) in [4.78, 5) is 13.8. The Kier molecular flexibility index (Phi) is 4.19. The van der Waals surface area contributed by atoms with Crippen molar-refractivity contribution in [3.8, 4) is 11.8 Å². The summed E-state index contributed by atoms with van der Waals surface area (Å²) in [6, 6.07) is 9.12. The average Bonchev–Trinajstić information content (AvgIpc) is 3.27. The SMILES string of the molecule is C=CCN(C(=O)COc1ccc(C#N)cc1)C1CC1. The van der Waals surface area contributed by atoms with Crippen LogP contribution < -0.4 is 4.74 Å². The van der Waals surface area contributed by atoms with Gasteiger partial charge in [0.2, 0.25) is 0 Å². The van der Waals surface area contributed by atoms with E-state index in [2.05, 4.69) is 6.58 Å². The Hall–Kier alpha value is -2.28. The fourth-order valence-corrected chi connectivity index (χ4v) is 1.83. The molecule has 19 heavy (non-hydrogen) atoms. The van der Waals surface area contributed by atoms with Gasteiger partial charge in [-0.15, -0.1) is 6.58 Å². The Labute approximate surface area is 112 Å². The molecule has 1 aromatic rings. The summed E-state index contributed by atoms with van der Waals surface area (Å²) < 4.78 is 5.44. The van der Waals surface area contributed by atoms with Crippen molar-refractivity contribution in [1.29, 1.82) is 5.26 Å². The van der Waals surface area contributed by atoms with Crippen molar-refractivity contribution in [2.24, 2.45) is 0 Å². The third kappa shape index (κ3) is 3.59. The molecular weight excluding hydrogens is 240 g/mol. The zero-order chi connectivity index (χ0) is 13.7. The van der Waals surface area contributed by atoms with E-state index in [1.54, 1.807) is 35.2 Å². The topological polar surface area (TPSA) is 53.3 Å². The van der Waals surface area contributed by atoms with Gasteiger partial charge in [0.1, 0.15) is 5.75 Å². The van der Waals surface area contributed by atoms with Crippen LogP contribution >= 0.6 is 0 Å². The lowest BCUT2D eigenvalue weighted by molar-refractivity contribution is -0.133. The molecule has 0 atom stereocenters. The minimum Gasteiger partial charge on any atom is -0.484 e. The van der Waals surface area contributed by atoms with Crippen molar-refractivity contribution in [3.05, 3.63) is 42.5 Å². The molecule has 1 fully saturated rings. The van der Waals surface area contributed by atoms with Gasteiger partial charge >= 0.3 is 0 Å². The fraction of sp³-hybridized carbons (Fsp3) is 0.333. The summed E-state index contributed by atoms with van der Waals surface area (Å²) in [5, 5.41) is 8.69. The lowest BCUT2D eigenvalue weighted by Crippen LogP contribution is -2.36. The average molecular weight is 256 g/mol. The highest BCUT2D eigenvalue weighted by molar-refractivity contribution is 5.78. The molecule has 0 N–H and O–H groups in total. The molecule has 4 heteroatoms. The normalized spacial score (nSPS) is 13.4. The molecule has 1 saturated carbocycles. The predicted molar refractivity (Wildman–Crippen MR) is 71.6 cm³/mol. The Morgan fingerprint density at radius 3 is 2.68 bits per heavy atom. The number of hydrogen-bond donors (Lipinski definition) is 0. The number of rotatable bonds is 6. The molecule has 0 heterocycles. The lowest BCUT2D eigenvalue weighted by Gasteiger charge is -2.20. The van der Waals surface area contributed by atoms with Crippen molar-refractivity contribution in [3.63, 3.8) is 0 Å². The van der Waals surface area contributed by atoms with Crippen molar-refractivity contribution in [2.45, 2.75) is 18.9 Å². The van der Waals surface area contributed by atoms with Crippen LogP contribution in [0.2, 0.25) is 0 Å². The molecule has 0 radical (unpaired) electrons. The maximum absolute atomic E-state index is 12.0. The number of benzene rings is 1. The summed E-state index contributed by atoms with van der Waals surface area (Å²) >= 11 is 0. The van der Waals surface area contributed by atoms with E-state index < -0.39 is 0 Å².